The molecule has 0 aliphatic carbocycles. The zero-order valence-electron chi connectivity index (χ0n) is 21.1. The van der Waals surface area contributed by atoms with Gasteiger partial charge in [-0.1, -0.05) is 96.7 Å². The van der Waals surface area contributed by atoms with Gasteiger partial charge >= 0.3 is 0 Å². The predicted octanol–water partition coefficient (Wildman–Crippen LogP) is 8.26. The van der Waals surface area contributed by atoms with Crippen LogP contribution in [0.15, 0.2) is 102 Å². The fourth-order valence-corrected chi connectivity index (χ4v) is 4.75. The zero-order chi connectivity index (χ0) is 25.2. The lowest BCUT2D eigenvalue weighted by Crippen LogP contribution is -2.31. The number of hydrogen-bond acceptors (Lipinski definition) is 1. The van der Waals surface area contributed by atoms with Gasteiger partial charge < -0.3 is 9.47 Å². The number of carbonyl (C=O) groups is 1. The van der Waals surface area contributed by atoms with E-state index < -0.39 is 0 Å². The molecule has 1 amide bonds. The molecule has 4 aromatic rings. The number of carbonyl (C=O) groups excluding carboxylic acids is 1. The third-order valence-corrected chi connectivity index (χ3v) is 7.09. The van der Waals surface area contributed by atoms with E-state index in [9.17, 15) is 4.79 Å². The molecule has 4 rings (SSSR count). The predicted molar refractivity (Wildman–Crippen MR) is 152 cm³/mol. The number of aryl methyl sites for hydroxylation is 1. The number of halogens is 1. The maximum absolute atomic E-state index is 13.7. The molecule has 0 aliphatic heterocycles. The van der Waals surface area contributed by atoms with Gasteiger partial charge in [-0.2, -0.15) is 0 Å². The first-order valence-corrected chi connectivity index (χ1v) is 13.7. The van der Waals surface area contributed by atoms with Crippen molar-refractivity contribution in [2.75, 3.05) is 0 Å². The minimum atomic E-state index is 0.0628. The molecule has 3 nitrogen and oxygen atoms in total. The molecule has 0 atom stereocenters. The third-order valence-electron chi connectivity index (χ3n) is 6.57. The number of benzene rings is 3. The second kappa shape index (κ2) is 13.3. The second-order valence-corrected chi connectivity index (χ2v) is 10.3. The van der Waals surface area contributed by atoms with Gasteiger partial charge in [0.2, 0.25) is 0 Å². The van der Waals surface area contributed by atoms with Crippen molar-refractivity contribution in [2.24, 2.45) is 0 Å². The Hall–Kier alpha value is -3.11. The molecule has 0 bridgehead atoms. The van der Waals surface area contributed by atoms with Crippen molar-refractivity contribution in [1.29, 1.82) is 0 Å². The van der Waals surface area contributed by atoms with Crippen LogP contribution in [0, 0.1) is 0 Å². The first-order valence-electron chi connectivity index (χ1n) is 12.9. The summed E-state index contributed by atoms with van der Waals surface area (Å²) in [5.74, 6) is 0.0628. The summed E-state index contributed by atoms with van der Waals surface area (Å²) in [6, 6.07) is 31.0. The second-order valence-electron chi connectivity index (χ2n) is 9.41. The SMILES string of the molecule is CCCCCCc1ccc(C(=O)N(Cc2ccccc2)Cc2cccn2Cc2ccc(Br)cc2)cc1. The number of hydrogen-bond donors (Lipinski definition) is 0. The van der Waals surface area contributed by atoms with Gasteiger partial charge in [0.1, 0.15) is 0 Å². The summed E-state index contributed by atoms with van der Waals surface area (Å²) in [6.45, 7) is 4.13. The topological polar surface area (TPSA) is 25.2 Å². The third kappa shape index (κ3) is 7.44. The Morgan fingerprint density at radius 2 is 1.47 bits per heavy atom. The highest BCUT2D eigenvalue weighted by Crippen LogP contribution is 2.18. The van der Waals surface area contributed by atoms with E-state index >= 15 is 0 Å². The Bertz CT molecular complexity index is 1210. The van der Waals surface area contributed by atoms with E-state index in [0.717, 1.165) is 34.3 Å². The maximum atomic E-state index is 13.7. The van der Waals surface area contributed by atoms with Crippen molar-refractivity contribution >= 4 is 21.8 Å². The number of rotatable bonds is 12. The van der Waals surface area contributed by atoms with Crippen LogP contribution in [0.5, 0.6) is 0 Å². The van der Waals surface area contributed by atoms with E-state index in [1.165, 1.54) is 36.8 Å². The van der Waals surface area contributed by atoms with Crippen LogP contribution >= 0.6 is 15.9 Å². The van der Waals surface area contributed by atoms with Gasteiger partial charge in [-0.05, 0) is 65.9 Å². The molecule has 0 aliphatic rings. The number of aromatic nitrogens is 1. The van der Waals surface area contributed by atoms with Gasteiger partial charge in [0.25, 0.3) is 5.91 Å². The van der Waals surface area contributed by atoms with Crippen LogP contribution in [0.2, 0.25) is 0 Å². The molecule has 0 saturated carbocycles. The van der Waals surface area contributed by atoms with Crippen molar-refractivity contribution < 1.29 is 4.79 Å². The number of unbranched alkanes of at least 4 members (excludes halogenated alkanes) is 3. The highest BCUT2D eigenvalue weighted by molar-refractivity contribution is 9.10. The molecule has 36 heavy (non-hydrogen) atoms. The highest BCUT2D eigenvalue weighted by atomic mass is 79.9. The largest absolute Gasteiger partial charge is 0.345 e. The Morgan fingerprint density at radius 1 is 0.750 bits per heavy atom. The molecule has 186 valence electrons. The Morgan fingerprint density at radius 3 is 2.19 bits per heavy atom. The summed E-state index contributed by atoms with van der Waals surface area (Å²) in [5.41, 5.74) is 5.53. The maximum Gasteiger partial charge on any atom is 0.254 e. The fraction of sp³-hybridized carbons (Fsp3) is 0.281. The molecule has 0 saturated heterocycles. The molecule has 0 fully saturated rings. The monoisotopic (exact) mass is 542 g/mol. The highest BCUT2D eigenvalue weighted by Gasteiger charge is 2.18. The van der Waals surface area contributed by atoms with Crippen LogP contribution in [0.4, 0.5) is 0 Å². The molecular formula is C32H35BrN2O. The fourth-order valence-electron chi connectivity index (χ4n) is 4.49. The van der Waals surface area contributed by atoms with E-state index in [2.05, 4.69) is 94.3 Å². The van der Waals surface area contributed by atoms with Gasteiger partial charge in [0.15, 0.2) is 0 Å². The lowest BCUT2D eigenvalue weighted by Gasteiger charge is -2.24. The molecule has 1 aromatic heterocycles. The van der Waals surface area contributed by atoms with Gasteiger partial charge in [-0.15, -0.1) is 0 Å². The van der Waals surface area contributed by atoms with Crippen molar-refractivity contribution in [3.63, 3.8) is 0 Å². The quantitative estimate of drug-likeness (QED) is 0.165. The summed E-state index contributed by atoms with van der Waals surface area (Å²) in [6.07, 6.45) is 8.17. The van der Waals surface area contributed by atoms with Gasteiger partial charge in [-0.25, -0.2) is 0 Å². The van der Waals surface area contributed by atoms with Crippen LogP contribution in [0.25, 0.3) is 0 Å². The van der Waals surface area contributed by atoms with Crippen LogP contribution < -0.4 is 0 Å². The van der Waals surface area contributed by atoms with E-state index in [0.29, 0.717) is 13.1 Å². The average molecular weight is 544 g/mol. The van der Waals surface area contributed by atoms with Crippen LogP contribution in [0.1, 0.15) is 65.3 Å². The Labute approximate surface area is 223 Å². The Balaban J connectivity index is 1.50. The number of amides is 1. The molecule has 1 heterocycles. The summed E-state index contributed by atoms with van der Waals surface area (Å²) in [4.78, 5) is 15.7. The molecule has 0 radical (unpaired) electrons. The first-order chi connectivity index (χ1) is 17.6. The van der Waals surface area contributed by atoms with Crippen molar-refractivity contribution in [1.82, 2.24) is 9.47 Å². The van der Waals surface area contributed by atoms with E-state index in [-0.39, 0.29) is 5.91 Å². The Kier molecular flexibility index (Phi) is 9.57. The van der Waals surface area contributed by atoms with Gasteiger partial charge in [0, 0.05) is 35.0 Å². The smallest absolute Gasteiger partial charge is 0.254 e. The van der Waals surface area contributed by atoms with Crippen molar-refractivity contribution in [3.8, 4) is 0 Å². The van der Waals surface area contributed by atoms with E-state index in [1.807, 2.05) is 35.2 Å². The molecule has 0 spiro atoms. The molecule has 3 aromatic carbocycles. The lowest BCUT2D eigenvalue weighted by atomic mass is 10.0. The van der Waals surface area contributed by atoms with Crippen molar-refractivity contribution in [3.05, 3.63) is 130 Å². The first kappa shape index (κ1) is 26.0. The standard InChI is InChI=1S/C32H35BrN2O/c1-2-3-4-6-10-26-14-18-29(19-15-26)32(36)35(24-27-11-7-5-8-12-27)25-31-13-9-22-34(31)23-28-16-20-30(33)21-17-28/h5,7-9,11-22H,2-4,6,10,23-25H2,1H3. The van der Waals surface area contributed by atoms with Gasteiger partial charge in [0.05, 0.1) is 6.54 Å². The molecule has 4 heteroatoms. The number of nitrogens with zero attached hydrogens (tertiary/aromatic N) is 2. The van der Waals surface area contributed by atoms with Gasteiger partial charge in [-0.3, -0.25) is 4.79 Å². The molecular weight excluding hydrogens is 508 g/mol. The normalized spacial score (nSPS) is 10.9. The van der Waals surface area contributed by atoms with E-state index in [4.69, 9.17) is 0 Å². The van der Waals surface area contributed by atoms with Crippen molar-refractivity contribution in [2.45, 2.75) is 58.7 Å². The minimum absolute atomic E-state index is 0.0628. The van der Waals surface area contributed by atoms with Crippen LogP contribution in [-0.2, 0) is 26.1 Å². The minimum Gasteiger partial charge on any atom is -0.345 e. The lowest BCUT2D eigenvalue weighted by molar-refractivity contribution is 0.0726. The summed E-state index contributed by atoms with van der Waals surface area (Å²) < 4.78 is 3.30. The molecule has 0 N–H and O–H groups in total. The summed E-state index contributed by atoms with van der Waals surface area (Å²) in [5, 5.41) is 0. The average Bonchev–Trinajstić information content (AvgIpc) is 3.34. The molecule has 0 unspecified atom stereocenters. The summed E-state index contributed by atoms with van der Waals surface area (Å²) >= 11 is 3.51. The zero-order valence-corrected chi connectivity index (χ0v) is 22.7. The van der Waals surface area contributed by atoms with E-state index in [1.54, 1.807) is 0 Å². The van der Waals surface area contributed by atoms with Crippen LogP contribution in [-0.4, -0.2) is 15.4 Å². The summed E-state index contributed by atoms with van der Waals surface area (Å²) in [7, 11) is 0. The van der Waals surface area contributed by atoms with Crippen LogP contribution in [0.3, 0.4) is 0 Å².